The van der Waals surface area contributed by atoms with Crippen LogP contribution in [0.1, 0.15) is 61.5 Å². The van der Waals surface area contributed by atoms with Crippen LogP contribution in [0.15, 0.2) is 29.4 Å². The zero-order chi connectivity index (χ0) is 24.9. The molecule has 7 nitrogen and oxygen atoms in total. The summed E-state index contributed by atoms with van der Waals surface area (Å²) in [6.45, 7) is 6.63. The number of halogens is 1. The van der Waals surface area contributed by atoms with Gasteiger partial charge in [0.1, 0.15) is 22.6 Å². The van der Waals surface area contributed by atoms with Gasteiger partial charge in [0.05, 0.1) is 11.3 Å². The molecule has 35 heavy (non-hydrogen) atoms. The van der Waals surface area contributed by atoms with Gasteiger partial charge in [-0.2, -0.15) is 5.26 Å². The number of amides is 1. The van der Waals surface area contributed by atoms with E-state index in [1.54, 1.807) is 12.1 Å². The Morgan fingerprint density at radius 3 is 2.83 bits per heavy atom. The molecule has 4 rings (SSSR count). The van der Waals surface area contributed by atoms with Gasteiger partial charge in [-0.1, -0.05) is 25.1 Å². The summed E-state index contributed by atoms with van der Waals surface area (Å²) < 4.78 is 21.0. The first-order valence-electron chi connectivity index (χ1n) is 11.8. The molecule has 1 aliphatic rings. The molecule has 0 spiro atoms. The summed E-state index contributed by atoms with van der Waals surface area (Å²) in [5, 5.41) is 22.4. The monoisotopic (exact) mass is 513 g/mol. The molecule has 0 fully saturated rings. The molecule has 2 atom stereocenters. The molecule has 2 heterocycles. The second-order valence-corrected chi connectivity index (χ2v) is 10.5. The second-order valence-electron chi connectivity index (χ2n) is 8.47. The number of fused-ring (bicyclic) bond motifs is 1. The van der Waals surface area contributed by atoms with Crippen molar-refractivity contribution < 1.29 is 13.9 Å². The normalized spacial score (nSPS) is 15.8. The van der Waals surface area contributed by atoms with E-state index in [2.05, 4.69) is 28.5 Å². The minimum absolute atomic E-state index is 0.149. The van der Waals surface area contributed by atoms with Crippen LogP contribution in [-0.4, -0.2) is 26.4 Å². The Balaban J connectivity index is 1.40. The fourth-order valence-electron chi connectivity index (χ4n) is 4.28. The van der Waals surface area contributed by atoms with Crippen LogP contribution >= 0.6 is 23.1 Å². The maximum absolute atomic E-state index is 13.2. The van der Waals surface area contributed by atoms with Gasteiger partial charge in [-0.3, -0.25) is 4.79 Å². The first-order valence-corrected chi connectivity index (χ1v) is 13.6. The van der Waals surface area contributed by atoms with Crippen molar-refractivity contribution in [3.8, 4) is 11.8 Å². The molecule has 2 aromatic heterocycles. The highest BCUT2D eigenvalue weighted by Crippen LogP contribution is 2.40. The van der Waals surface area contributed by atoms with Crippen LogP contribution in [0, 0.1) is 23.1 Å². The lowest BCUT2D eigenvalue weighted by Crippen LogP contribution is -2.15. The second kappa shape index (κ2) is 11.2. The Hall–Kier alpha value is -2.90. The average molecular weight is 514 g/mol. The number of carbonyl (C=O) groups is 1. The van der Waals surface area contributed by atoms with Crippen LogP contribution in [0.25, 0.3) is 0 Å². The smallest absolute Gasteiger partial charge is 0.235 e. The zero-order valence-electron chi connectivity index (χ0n) is 20.0. The van der Waals surface area contributed by atoms with Gasteiger partial charge in [-0.15, -0.1) is 21.5 Å². The van der Waals surface area contributed by atoms with Crippen molar-refractivity contribution in [3.63, 3.8) is 0 Å². The van der Waals surface area contributed by atoms with Crippen LogP contribution < -0.4 is 10.1 Å². The highest BCUT2D eigenvalue weighted by molar-refractivity contribution is 7.99. The molecular weight excluding hydrogens is 485 g/mol. The number of thiophene rings is 1. The van der Waals surface area contributed by atoms with Crippen molar-refractivity contribution in [2.24, 2.45) is 5.92 Å². The van der Waals surface area contributed by atoms with Gasteiger partial charge in [0.15, 0.2) is 17.1 Å². The Morgan fingerprint density at radius 2 is 2.14 bits per heavy atom. The molecule has 1 aromatic carbocycles. The molecule has 184 valence electrons. The van der Waals surface area contributed by atoms with E-state index in [4.69, 9.17) is 4.74 Å². The molecule has 0 saturated heterocycles. The lowest BCUT2D eigenvalue weighted by molar-refractivity contribution is -0.113. The van der Waals surface area contributed by atoms with Gasteiger partial charge < -0.3 is 14.6 Å². The van der Waals surface area contributed by atoms with Crippen molar-refractivity contribution in [3.05, 3.63) is 51.9 Å². The number of nitriles is 1. The largest absolute Gasteiger partial charge is 0.483 e. The van der Waals surface area contributed by atoms with E-state index in [-0.39, 0.29) is 17.5 Å². The number of benzene rings is 1. The molecule has 1 aliphatic carbocycles. The number of aromatic nitrogens is 3. The van der Waals surface area contributed by atoms with Crippen LogP contribution in [0.3, 0.4) is 0 Å². The predicted molar refractivity (Wildman–Crippen MR) is 135 cm³/mol. The molecule has 2 unspecified atom stereocenters. The van der Waals surface area contributed by atoms with Crippen molar-refractivity contribution in [2.75, 3.05) is 11.1 Å². The van der Waals surface area contributed by atoms with Gasteiger partial charge >= 0.3 is 0 Å². The summed E-state index contributed by atoms with van der Waals surface area (Å²) >= 11 is 2.83. The number of ether oxygens (including phenoxy) is 1. The number of hydrogen-bond acceptors (Lipinski definition) is 7. The summed E-state index contributed by atoms with van der Waals surface area (Å²) in [5.74, 6) is 1.46. The third-order valence-electron chi connectivity index (χ3n) is 6.19. The van der Waals surface area contributed by atoms with Gasteiger partial charge in [-0.25, -0.2) is 4.39 Å². The highest BCUT2D eigenvalue weighted by atomic mass is 32.2. The molecule has 1 amide bonds. The average Bonchev–Trinajstić information content (AvgIpc) is 3.43. The molecule has 0 saturated carbocycles. The van der Waals surface area contributed by atoms with Crippen LogP contribution in [-0.2, 0) is 24.2 Å². The van der Waals surface area contributed by atoms with E-state index in [0.29, 0.717) is 39.8 Å². The third kappa shape index (κ3) is 5.68. The summed E-state index contributed by atoms with van der Waals surface area (Å²) in [5.41, 5.74) is 1.72. The van der Waals surface area contributed by atoms with Crippen molar-refractivity contribution in [1.82, 2.24) is 14.8 Å². The molecule has 0 bridgehead atoms. The van der Waals surface area contributed by atoms with Gasteiger partial charge in [-0.05, 0) is 68.9 Å². The number of thioether (sulfide) groups is 1. The Labute approximate surface area is 212 Å². The first-order chi connectivity index (χ1) is 16.9. The molecule has 1 N–H and O–H groups in total. The van der Waals surface area contributed by atoms with E-state index in [0.717, 1.165) is 31.2 Å². The highest BCUT2D eigenvalue weighted by Gasteiger charge is 2.26. The number of nitrogens with zero attached hydrogens (tertiary/aromatic N) is 4. The molecule has 0 aliphatic heterocycles. The fraction of sp³-hybridized carbons (Fsp3) is 0.440. The van der Waals surface area contributed by atoms with Crippen molar-refractivity contribution in [1.29, 1.82) is 5.26 Å². The number of rotatable bonds is 9. The standard InChI is InChI=1S/C25H28FN5O2S2/c1-4-16-6-11-19-20(13-27)24(35-21(19)12-16)28-22(32)14-34-25-30-29-23(31(25)5-2)15(3)33-18-9-7-17(26)8-10-18/h7-10,15-16H,4-6,11-12,14H2,1-3H3,(H,28,32). The molecular formula is C25H28FN5O2S2. The first kappa shape index (κ1) is 25.2. The SMILES string of the molecule is CCC1CCc2c(sc(NC(=O)CSc3nnc(C(C)Oc4ccc(F)cc4)n3CC)c2C#N)C1. The number of anilines is 1. The molecule has 3 aromatic rings. The Kier molecular flexibility index (Phi) is 8.08. The summed E-state index contributed by atoms with van der Waals surface area (Å²) in [6, 6.07) is 8.12. The van der Waals surface area contributed by atoms with Crippen molar-refractivity contribution in [2.45, 2.75) is 64.3 Å². The maximum Gasteiger partial charge on any atom is 0.235 e. The quantitative estimate of drug-likeness (QED) is 0.366. The van der Waals surface area contributed by atoms with Crippen LogP contribution in [0.2, 0.25) is 0 Å². The molecule has 0 radical (unpaired) electrons. The van der Waals surface area contributed by atoms with E-state index < -0.39 is 6.10 Å². The zero-order valence-corrected chi connectivity index (χ0v) is 21.6. The maximum atomic E-state index is 13.2. The van der Waals surface area contributed by atoms with Gasteiger partial charge in [0.2, 0.25) is 5.91 Å². The van der Waals surface area contributed by atoms with Gasteiger partial charge in [0.25, 0.3) is 0 Å². The Bertz CT molecular complexity index is 1230. The number of hydrogen-bond donors (Lipinski definition) is 1. The minimum atomic E-state index is -0.404. The number of nitrogens with one attached hydrogen (secondary N) is 1. The van der Waals surface area contributed by atoms with E-state index in [1.807, 2.05) is 18.4 Å². The lowest BCUT2D eigenvalue weighted by atomic mass is 9.86. The summed E-state index contributed by atoms with van der Waals surface area (Å²) in [4.78, 5) is 14.0. The lowest BCUT2D eigenvalue weighted by Gasteiger charge is -2.20. The number of carbonyl (C=O) groups excluding carboxylic acids is 1. The van der Waals surface area contributed by atoms with Gasteiger partial charge in [0, 0.05) is 11.4 Å². The third-order valence-corrected chi connectivity index (χ3v) is 8.33. The molecule has 10 heteroatoms. The predicted octanol–water partition coefficient (Wildman–Crippen LogP) is 5.76. The van der Waals surface area contributed by atoms with Crippen molar-refractivity contribution >= 4 is 34.0 Å². The van der Waals surface area contributed by atoms with E-state index >= 15 is 0 Å². The Morgan fingerprint density at radius 1 is 1.37 bits per heavy atom. The minimum Gasteiger partial charge on any atom is -0.483 e. The van der Waals surface area contributed by atoms with E-state index in [9.17, 15) is 14.4 Å². The van der Waals surface area contributed by atoms with Crippen LogP contribution in [0.4, 0.5) is 9.39 Å². The summed E-state index contributed by atoms with van der Waals surface area (Å²) in [6.07, 6.45) is 3.70. The topological polar surface area (TPSA) is 92.8 Å². The van der Waals surface area contributed by atoms with E-state index in [1.165, 1.54) is 40.1 Å². The van der Waals surface area contributed by atoms with Crippen LogP contribution in [0.5, 0.6) is 5.75 Å². The summed E-state index contributed by atoms with van der Waals surface area (Å²) in [7, 11) is 0. The fourth-order valence-corrected chi connectivity index (χ4v) is 6.41.